The molecule has 0 fully saturated rings. The van der Waals surface area contributed by atoms with Gasteiger partial charge in [0, 0.05) is 10.4 Å². The number of nitrogens with one attached hydrogen (secondary N) is 1. The predicted octanol–water partition coefficient (Wildman–Crippen LogP) is 4.23. The highest BCUT2D eigenvalue weighted by atomic mass is 79.9. The van der Waals surface area contributed by atoms with Crippen LogP contribution in [0.15, 0.2) is 34.1 Å². The Balaban J connectivity index is 2.01. The van der Waals surface area contributed by atoms with Crippen LogP contribution >= 0.6 is 38.9 Å². The van der Waals surface area contributed by atoms with E-state index in [1.807, 2.05) is 12.1 Å². The summed E-state index contributed by atoms with van der Waals surface area (Å²) < 4.78 is 14.2. The number of benzene rings is 1. The third-order valence-electron chi connectivity index (χ3n) is 2.23. The molecule has 1 N–H and O–H groups in total. The van der Waals surface area contributed by atoms with Crippen molar-refractivity contribution in [2.24, 2.45) is 0 Å². The normalized spacial score (nSPS) is 10.4. The van der Waals surface area contributed by atoms with E-state index < -0.39 is 5.82 Å². The maximum Gasteiger partial charge on any atom is 0.251 e. The molecule has 0 unspecified atom stereocenters. The van der Waals surface area contributed by atoms with Crippen LogP contribution in [0.2, 0.25) is 5.02 Å². The molecule has 0 spiro atoms. The molecule has 2 nitrogen and oxygen atoms in total. The number of thiophene rings is 1. The first-order valence-electron chi connectivity index (χ1n) is 5.04. The van der Waals surface area contributed by atoms with Crippen LogP contribution in [0.25, 0.3) is 0 Å². The Bertz CT molecular complexity index is 587. The molecule has 0 aliphatic carbocycles. The second-order valence-corrected chi connectivity index (χ2v) is 6.47. The highest BCUT2D eigenvalue weighted by Gasteiger charge is 2.09. The number of halogens is 3. The highest BCUT2D eigenvalue weighted by Crippen LogP contribution is 2.22. The summed E-state index contributed by atoms with van der Waals surface area (Å²) in [5.74, 6) is -0.918. The number of carbonyl (C=O) groups excluding carboxylic acids is 1. The molecule has 2 rings (SSSR count). The van der Waals surface area contributed by atoms with Gasteiger partial charge in [-0.05, 0) is 46.3 Å². The Hall–Kier alpha value is -0.910. The minimum Gasteiger partial charge on any atom is -0.347 e. The Morgan fingerprint density at radius 3 is 2.78 bits per heavy atom. The molecule has 18 heavy (non-hydrogen) atoms. The third kappa shape index (κ3) is 3.31. The quantitative estimate of drug-likeness (QED) is 0.883. The summed E-state index contributed by atoms with van der Waals surface area (Å²) in [6.07, 6.45) is 0. The molecule has 6 heteroatoms. The molecular weight excluding hydrogens is 341 g/mol. The summed E-state index contributed by atoms with van der Waals surface area (Å²) in [5.41, 5.74) is 0.257. The zero-order valence-corrected chi connectivity index (χ0v) is 12.2. The molecular formula is C12H8BrClFNOS. The molecule has 0 aliphatic rings. The summed E-state index contributed by atoms with van der Waals surface area (Å²) in [5, 5.41) is 2.72. The summed E-state index contributed by atoms with van der Waals surface area (Å²) >= 11 is 10.4. The van der Waals surface area contributed by atoms with Gasteiger partial charge in [0.2, 0.25) is 0 Å². The van der Waals surface area contributed by atoms with E-state index >= 15 is 0 Å². The topological polar surface area (TPSA) is 29.1 Å². The smallest absolute Gasteiger partial charge is 0.251 e. The van der Waals surface area contributed by atoms with Crippen molar-refractivity contribution in [3.8, 4) is 0 Å². The molecule has 1 amide bonds. The van der Waals surface area contributed by atoms with Gasteiger partial charge in [-0.25, -0.2) is 4.39 Å². The van der Waals surface area contributed by atoms with Crippen LogP contribution in [-0.4, -0.2) is 5.91 Å². The Morgan fingerprint density at radius 2 is 2.17 bits per heavy atom. The second-order valence-electron chi connectivity index (χ2n) is 3.52. The van der Waals surface area contributed by atoms with Gasteiger partial charge < -0.3 is 5.32 Å². The fourth-order valence-electron chi connectivity index (χ4n) is 1.35. The largest absolute Gasteiger partial charge is 0.347 e. The molecule has 1 aromatic carbocycles. The summed E-state index contributed by atoms with van der Waals surface area (Å²) in [6.45, 7) is 0.416. The molecule has 1 aromatic heterocycles. The number of amides is 1. The molecule has 0 atom stereocenters. The van der Waals surface area contributed by atoms with E-state index in [1.54, 1.807) is 0 Å². The van der Waals surface area contributed by atoms with Crippen molar-refractivity contribution in [1.82, 2.24) is 5.32 Å². The van der Waals surface area contributed by atoms with E-state index in [1.165, 1.54) is 23.5 Å². The standard InChI is InChI=1S/C12H8BrClFNOS/c13-11-4-2-8(18-11)6-16-12(17)7-1-3-9(14)10(15)5-7/h1-5H,6H2,(H,16,17). The molecule has 0 saturated heterocycles. The number of hydrogen-bond donors (Lipinski definition) is 1. The van der Waals surface area contributed by atoms with Gasteiger partial charge in [0.05, 0.1) is 15.4 Å². The van der Waals surface area contributed by atoms with Gasteiger partial charge in [-0.1, -0.05) is 11.6 Å². The van der Waals surface area contributed by atoms with Gasteiger partial charge in [-0.15, -0.1) is 11.3 Å². The van der Waals surface area contributed by atoms with Crippen LogP contribution in [0.5, 0.6) is 0 Å². The van der Waals surface area contributed by atoms with Crippen molar-refractivity contribution in [1.29, 1.82) is 0 Å². The second kappa shape index (κ2) is 5.82. The summed E-state index contributed by atoms with van der Waals surface area (Å²) in [7, 11) is 0. The van der Waals surface area contributed by atoms with Crippen molar-refractivity contribution in [3.63, 3.8) is 0 Å². The van der Waals surface area contributed by atoms with Gasteiger partial charge >= 0.3 is 0 Å². The number of carbonyl (C=O) groups is 1. The Morgan fingerprint density at radius 1 is 1.39 bits per heavy atom. The monoisotopic (exact) mass is 347 g/mol. The third-order valence-corrected chi connectivity index (χ3v) is 4.16. The van der Waals surface area contributed by atoms with Crippen LogP contribution in [0.4, 0.5) is 4.39 Å². The van der Waals surface area contributed by atoms with Crippen molar-refractivity contribution in [2.75, 3.05) is 0 Å². The van der Waals surface area contributed by atoms with Crippen molar-refractivity contribution in [2.45, 2.75) is 6.54 Å². The average molecular weight is 349 g/mol. The summed E-state index contributed by atoms with van der Waals surface area (Å²) in [4.78, 5) is 12.8. The molecule has 0 aliphatic heterocycles. The van der Waals surface area contributed by atoms with Crippen LogP contribution in [-0.2, 0) is 6.54 Å². The van der Waals surface area contributed by atoms with Crippen LogP contribution < -0.4 is 5.32 Å². The van der Waals surface area contributed by atoms with Gasteiger partial charge in [0.1, 0.15) is 5.82 Å². The highest BCUT2D eigenvalue weighted by molar-refractivity contribution is 9.11. The van der Waals surface area contributed by atoms with Crippen molar-refractivity contribution < 1.29 is 9.18 Å². The number of hydrogen-bond acceptors (Lipinski definition) is 2. The van der Waals surface area contributed by atoms with E-state index in [0.29, 0.717) is 6.54 Å². The van der Waals surface area contributed by atoms with E-state index in [2.05, 4.69) is 21.2 Å². The van der Waals surface area contributed by atoms with E-state index in [9.17, 15) is 9.18 Å². The maximum absolute atomic E-state index is 13.2. The Kier molecular flexibility index (Phi) is 4.37. The van der Waals surface area contributed by atoms with Gasteiger partial charge in [0.25, 0.3) is 5.91 Å². The zero-order chi connectivity index (χ0) is 13.1. The first-order valence-corrected chi connectivity index (χ1v) is 7.02. The molecule has 2 aromatic rings. The SMILES string of the molecule is O=C(NCc1ccc(Br)s1)c1ccc(Cl)c(F)c1. The van der Waals surface area contributed by atoms with E-state index in [-0.39, 0.29) is 16.5 Å². The van der Waals surface area contributed by atoms with E-state index in [4.69, 9.17) is 11.6 Å². The number of rotatable bonds is 3. The fourth-order valence-corrected chi connectivity index (χ4v) is 2.89. The maximum atomic E-state index is 13.2. The molecule has 0 radical (unpaired) electrons. The average Bonchev–Trinajstić information content (AvgIpc) is 2.75. The predicted molar refractivity (Wildman–Crippen MR) is 74.6 cm³/mol. The summed E-state index contributed by atoms with van der Waals surface area (Å²) in [6, 6.07) is 7.81. The van der Waals surface area contributed by atoms with Crippen LogP contribution in [0.3, 0.4) is 0 Å². The first kappa shape index (κ1) is 13.5. The lowest BCUT2D eigenvalue weighted by atomic mass is 10.2. The van der Waals surface area contributed by atoms with E-state index in [0.717, 1.165) is 14.7 Å². The van der Waals surface area contributed by atoms with Gasteiger partial charge in [0.15, 0.2) is 0 Å². The molecule has 0 saturated carbocycles. The van der Waals surface area contributed by atoms with Gasteiger partial charge in [-0.3, -0.25) is 4.79 Å². The Labute approximate surface area is 121 Å². The molecule has 94 valence electrons. The lowest BCUT2D eigenvalue weighted by molar-refractivity contribution is 0.0951. The van der Waals surface area contributed by atoms with Crippen LogP contribution in [0, 0.1) is 5.82 Å². The molecule has 0 bridgehead atoms. The lowest BCUT2D eigenvalue weighted by Crippen LogP contribution is -2.22. The first-order chi connectivity index (χ1) is 8.56. The lowest BCUT2D eigenvalue weighted by Gasteiger charge is -2.04. The molecule has 1 heterocycles. The van der Waals surface area contributed by atoms with Gasteiger partial charge in [-0.2, -0.15) is 0 Å². The van der Waals surface area contributed by atoms with Crippen molar-refractivity contribution in [3.05, 3.63) is 55.4 Å². The van der Waals surface area contributed by atoms with Crippen molar-refractivity contribution >= 4 is 44.8 Å². The fraction of sp³-hybridized carbons (Fsp3) is 0.0833. The zero-order valence-electron chi connectivity index (χ0n) is 9.04. The minimum atomic E-state index is -0.594. The minimum absolute atomic E-state index is 0.00809. The van der Waals surface area contributed by atoms with Crippen LogP contribution in [0.1, 0.15) is 15.2 Å².